The van der Waals surface area contributed by atoms with Gasteiger partial charge in [-0.25, -0.2) is 4.98 Å². The molecule has 0 aliphatic carbocycles. The van der Waals surface area contributed by atoms with Crippen LogP contribution < -0.4 is 5.32 Å². The van der Waals surface area contributed by atoms with Crippen LogP contribution in [0, 0.1) is 0 Å². The van der Waals surface area contributed by atoms with E-state index in [2.05, 4.69) is 15.3 Å². The Kier molecular flexibility index (Phi) is 3.89. The molecule has 8 heteroatoms. The van der Waals surface area contributed by atoms with Crippen LogP contribution in [0.2, 0.25) is 5.15 Å². The molecule has 0 saturated heterocycles. The zero-order valence-electron chi connectivity index (χ0n) is 9.78. The number of rotatable bonds is 2. The lowest BCUT2D eigenvalue weighted by atomic mass is 10.1. The molecule has 0 aliphatic heterocycles. The largest absolute Gasteiger partial charge is 0.417 e. The van der Waals surface area contributed by atoms with Crippen molar-refractivity contribution in [3.05, 3.63) is 52.9 Å². The number of amides is 1. The lowest BCUT2D eigenvalue weighted by Crippen LogP contribution is -2.19. The molecule has 0 aliphatic rings. The van der Waals surface area contributed by atoms with Gasteiger partial charge < -0.3 is 5.32 Å². The van der Waals surface area contributed by atoms with Crippen LogP contribution in [-0.4, -0.2) is 15.9 Å². The predicted octanol–water partition coefficient (Wildman–Crippen LogP) is 3.40. The third-order valence-electron chi connectivity index (χ3n) is 2.32. The number of carbonyl (C=O) groups is 1. The number of benzene rings is 1. The Morgan fingerprint density at radius 2 is 1.90 bits per heavy atom. The molecule has 2 rings (SSSR count). The molecule has 0 saturated carbocycles. The summed E-state index contributed by atoms with van der Waals surface area (Å²) < 4.78 is 38.3. The van der Waals surface area contributed by atoms with Crippen molar-refractivity contribution in [1.82, 2.24) is 9.97 Å². The van der Waals surface area contributed by atoms with E-state index in [1.165, 1.54) is 24.5 Å². The minimum absolute atomic E-state index is 0.0203. The number of nitrogens with zero attached hydrogens (tertiary/aromatic N) is 2. The van der Waals surface area contributed by atoms with Gasteiger partial charge in [-0.1, -0.05) is 23.7 Å². The van der Waals surface area contributed by atoms with E-state index < -0.39 is 23.2 Å². The normalized spacial score (nSPS) is 11.2. The third-order valence-corrected chi connectivity index (χ3v) is 2.51. The summed E-state index contributed by atoms with van der Waals surface area (Å²) in [5.41, 5.74) is -1.52. The molecule has 0 unspecified atom stereocenters. The Bertz CT molecular complexity index is 646. The first-order valence-electron chi connectivity index (χ1n) is 5.33. The summed E-state index contributed by atoms with van der Waals surface area (Å²) >= 11 is 5.57. The Morgan fingerprint density at radius 3 is 2.55 bits per heavy atom. The molecule has 0 radical (unpaired) electrons. The number of anilines is 1. The molecule has 4 nitrogen and oxygen atoms in total. The maximum absolute atomic E-state index is 12.8. The quantitative estimate of drug-likeness (QED) is 0.925. The Balaban J connectivity index is 2.31. The highest BCUT2D eigenvalue weighted by Gasteiger charge is 2.34. The van der Waals surface area contributed by atoms with Crippen molar-refractivity contribution in [1.29, 1.82) is 0 Å². The van der Waals surface area contributed by atoms with Gasteiger partial charge in [-0.3, -0.25) is 9.78 Å². The third kappa shape index (κ3) is 3.24. The number of aromatic nitrogens is 2. The van der Waals surface area contributed by atoms with E-state index in [1.54, 1.807) is 0 Å². The first-order chi connectivity index (χ1) is 9.38. The molecule has 20 heavy (non-hydrogen) atoms. The van der Waals surface area contributed by atoms with E-state index in [9.17, 15) is 18.0 Å². The van der Waals surface area contributed by atoms with Crippen molar-refractivity contribution < 1.29 is 18.0 Å². The number of nitrogens with one attached hydrogen (secondary N) is 1. The maximum Gasteiger partial charge on any atom is 0.417 e. The van der Waals surface area contributed by atoms with Crippen molar-refractivity contribution in [3.63, 3.8) is 0 Å². The fourth-order valence-corrected chi connectivity index (χ4v) is 1.66. The van der Waals surface area contributed by atoms with E-state index in [0.717, 1.165) is 12.1 Å². The second kappa shape index (κ2) is 5.46. The van der Waals surface area contributed by atoms with E-state index in [-0.39, 0.29) is 11.0 Å². The molecule has 104 valence electrons. The Labute approximate surface area is 116 Å². The Hall–Kier alpha value is -2.15. The summed E-state index contributed by atoms with van der Waals surface area (Å²) in [6, 6.07) is 4.46. The molecule has 0 bridgehead atoms. The number of hydrogen-bond acceptors (Lipinski definition) is 3. The molecule has 0 atom stereocenters. The van der Waals surface area contributed by atoms with Crippen molar-refractivity contribution >= 4 is 23.3 Å². The lowest BCUT2D eigenvalue weighted by molar-refractivity contribution is -0.137. The highest BCUT2D eigenvalue weighted by molar-refractivity contribution is 6.29. The molecule has 1 aromatic carbocycles. The minimum atomic E-state index is -4.62. The van der Waals surface area contributed by atoms with Gasteiger partial charge in [0, 0.05) is 0 Å². The number of alkyl halides is 3. The van der Waals surface area contributed by atoms with Crippen molar-refractivity contribution in [2.75, 3.05) is 5.32 Å². The first-order valence-corrected chi connectivity index (χ1v) is 5.71. The van der Waals surface area contributed by atoms with Crippen molar-refractivity contribution in [3.8, 4) is 0 Å². The minimum Gasteiger partial charge on any atom is -0.305 e. The predicted molar refractivity (Wildman–Crippen MR) is 66.4 cm³/mol. The maximum atomic E-state index is 12.8. The van der Waals surface area contributed by atoms with Crippen molar-refractivity contribution in [2.24, 2.45) is 0 Å². The van der Waals surface area contributed by atoms with Gasteiger partial charge in [0.15, 0.2) is 5.82 Å². The summed E-state index contributed by atoms with van der Waals surface area (Å²) in [4.78, 5) is 19.3. The number of halogens is 4. The molecule has 2 aromatic rings. The van der Waals surface area contributed by atoms with Gasteiger partial charge in [0.25, 0.3) is 5.91 Å². The molecule has 1 amide bonds. The van der Waals surface area contributed by atoms with Crippen LogP contribution in [0.1, 0.15) is 15.9 Å². The molecule has 0 fully saturated rings. The van der Waals surface area contributed by atoms with Crippen LogP contribution in [0.15, 0.2) is 36.7 Å². The monoisotopic (exact) mass is 301 g/mol. The molecular weight excluding hydrogens is 295 g/mol. The van der Waals surface area contributed by atoms with Gasteiger partial charge in [-0.15, -0.1) is 0 Å². The fraction of sp³-hybridized carbons (Fsp3) is 0.0833. The summed E-state index contributed by atoms with van der Waals surface area (Å²) in [6.07, 6.45) is -2.20. The van der Waals surface area contributed by atoms with Gasteiger partial charge in [0.1, 0.15) is 5.15 Å². The van der Waals surface area contributed by atoms with Crippen LogP contribution in [0.4, 0.5) is 19.0 Å². The van der Waals surface area contributed by atoms with Crippen LogP contribution in [0.5, 0.6) is 0 Å². The van der Waals surface area contributed by atoms with Crippen LogP contribution >= 0.6 is 11.6 Å². The van der Waals surface area contributed by atoms with E-state index in [0.29, 0.717) is 0 Å². The molecule has 1 heterocycles. The van der Waals surface area contributed by atoms with Gasteiger partial charge in [-0.2, -0.15) is 13.2 Å². The van der Waals surface area contributed by atoms with Gasteiger partial charge in [-0.05, 0) is 12.1 Å². The standard InChI is InChI=1S/C12H7ClF3N3O/c13-9-5-17-6-10(18-9)19-11(20)7-3-1-2-4-8(7)12(14,15)16/h1-6H,(H,18,19,20). The Morgan fingerprint density at radius 1 is 1.20 bits per heavy atom. The van der Waals surface area contributed by atoms with E-state index in [1.807, 2.05) is 0 Å². The molecular formula is C12H7ClF3N3O. The lowest BCUT2D eigenvalue weighted by Gasteiger charge is -2.12. The first kappa shape index (κ1) is 14.3. The second-order valence-electron chi connectivity index (χ2n) is 3.72. The van der Waals surface area contributed by atoms with E-state index >= 15 is 0 Å². The topological polar surface area (TPSA) is 54.9 Å². The summed E-state index contributed by atoms with van der Waals surface area (Å²) in [5.74, 6) is -0.964. The molecule has 1 N–H and O–H groups in total. The summed E-state index contributed by atoms with van der Waals surface area (Å²) in [5, 5.41) is 2.23. The molecule has 1 aromatic heterocycles. The zero-order chi connectivity index (χ0) is 14.8. The van der Waals surface area contributed by atoms with Gasteiger partial charge in [0.05, 0.1) is 23.5 Å². The second-order valence-corrected chi connectivity index (χ2v) is 4.11. The van der Waals surface area contributed by atoms with Gasteiger partial charge >= 0.3 is 6.18 Å². The summed E-state index contributed by atoms with van der Waals surface area (Å²) in [6.45, 7) is 0. The number of carbonyl (C=O) groups excluding carboxylic acids is 1. The summed E-state index contributed by atoms with van der Waals surface area (Å²) in [7, 11) is 0. The highest BCUT2D eigenvalue weighted by Crippen LogP contribution is 2.32. The van der Waals surface area contributed by atoms with Crippen LogP contribution in [0.3, 0.4) is 0 Å². The smallest absolute Gasteiger partial charge is 0.305 e. The van der Waals surface area contributed by atoms with Crippen LogP contribution in [-0.2, 0) is 6.18 Å². The average molecular weight is 302 g/mol. The molecule has 0 spiro atoms. The fourth-order valence-electron chi connectivity index (χ4n) is 1.51. The number of hydrogen-bond donors (Lipinski definition) is 1. The van der Waals surface area contributed by atoms with Gasteiger partial charge in [0.2, 0.25) is 0 Å². The SMILES string of the molecule is O=C(Nc1cncc(Cl)n1)c1ccccc1C(F)(F)F. The average Bonchev–Trinajstić information content (AvgIpc) is 2.37. The highest BCUT2D eigenvalue weighted by atomic mass is 35.5. The van der Waals surface area contributed by atoms with E-state index in [4.69, 9.17) is 11.6 Å². The van der Waals surface area contributed by atoms with Crippen molar-refractivity contribution in [2.45, 2.75) is 6.18 Å². The van der Waals surface area contributed by atoms with Crippen LogP contribution in [0.25, 0.3) is 0 Å². The zero-order valence-corrected chi connectivity index (χ0v) is 10.5.